The third-order valence-electron chi connectivity index (χ3n) is 8.44. The molecule has 5 heterocycles. The van der Waals surface area contributed by atoms with Crippen LogP contribution in [0.25, 0.3) is 11.4 Å². The fourth-order valence-corrected chi connectivity index (χ4v) is 7.15. The van der Waals surface area contributed by atoms with E-state index in [0.717, 1.165) is 27.8 Å². The third-order valence-corrected chi connectivity index (χ3v) is 9.17. The fraction of sp³-hybridized carbons (Fsp3) is 0.323. The van der Waals surface area contributed by atoms with E-state index in [1.807, 2.05) is 46.5 Å². The second-order valence-electron chi connectivity index (χ2n) is 11.3. The van der Waals surface area contributed by atoms with E-state index in [-0.39, 0.29) is 29.9 Å². The molecule has 0 unspecified atom stereocenters. The van der Waals surface area contributed by atoms with Gasteiger partial charge in [0.1, 0.15) is 12.2 Å². The Hall–Kier alpha value is -4.00. The Bertz CT molecular complexity index is 1850. The van der Waals surface area contributed by atoms with Crippen LogP contribution in [-0.4, -0.2) is 72.1 Å². The van der Waals surface area contributed by atoms with Crippen molar-refractivity contribution < 1.29 is 24.2 Å². The number of carbonyl (C=O) groups excluding carboxylic acids is 2. The molecule has 1 saturated heterocycles. The second kappa shape index (κ2) is 11.2. The minimum absolute atomic E-state index is 0.0520. The van der Waals surface area contributed by atoms with Gasteiger partial charge in [-0.1, -0.05) is 27.5 Å². The standard InChI is InChI=1S/C31H28BrClN6O5/c1-36-14-17-12-19(33)7-9-21(17)38-16-34-26(24(38)15-36)31(43)44-11-3-5-25-35-27(30(41)42)28-23-4-2-10-37(23)29(40)20-13-18(32)6-8-22(20)39(25)28/h6-9,12-13,16,23H,2-5,10-11,14-15H2,1H3,(H,41,42)/t23-/m0/s1. The Kier molecular flexibility index (Phi) is 7.30. The topological polar surface area (TPSA) is 123 Å². The molecule has 0 spiro atoms. The van der Waals surface area contributed by atoms with Crippen molar-refractivity contribution in [2.24, 2.45) is 0 Å². The molecule has 1 N–H and O–H groups in total. The van der Waals surface area contributed by atoms with Crippen molar-refractivity contribution in [3.05, 3.63) is 91.9 Å². The lowest BCUT2D eigenvalue weighted by atomic mass is 10.1. The third kappa shape index (κ3) is 4.81. The van der Waals surface area contributed by atoms with Gasteiger partial charge in [0.25, 0.3) is 5.91 Å². The normalized spacial score (nSPS) is 17.2. The summed E-state index contributed by atoms with van der Waals surface area (Å²) in [6.45, 7) is 1.81. The number of rotatable bonds is 6. The average Bonchev–Trinajstić information content (AvgIpc) is 3.69. The van der Waals surface area contributed by atoms with E-state index in [1.165, 1.54) is 0 Å². The lowest BCUT2D eigenvalue weighted by Gasteiger charge is -2.22. The first-order chi connectivity index (χ1) is 21.2. The average molecular weight is 680 g/mol. The van der Waals surface area contributed by atoms with Crippen LogP contribution >= 0.6 is 27.5 Å². The number of halogens is 2. The van der Waals surface area contributed by atoms with Crippen molar-refractivity contribution in [1.82, 2.24) is 28.9 Å². The number of carbonyl (C=O) groups is 3. The van der Waals surface area contributed by atoms with Crippen LogP contribution in [0.5, 0.6) is 0 Å². The van der Waals surface area contributed by atoms with Gasteiger partial charge in [-0.25, -0.2) is 19.6 Å². The summed E-state index contributed by atoms with van der Waals surface area (Å²) >= 11 is 9.70. The number of carboxylic acid groups (broad SMARTS) is 1. The van der Waals surface area contributed by atoms with E-state index in [2.05, 4.69) is 30.8 Å². The first-order valence-electron chi connectivity index (χ1n) is 14.4. The maximum Gasteiger partial charge on any atom is 0.358 e. The molecule has 13 heteroatoms. The van der Waals surface area contributed by atoms with Gasteiger partial charge in [0, 0.05) is 35.6 Å². The van der Waals surface area contributed by atoms with Crippen LogP contribution in [0.1, 0.15) is 79.4 Å². The number of amides is 1. The monoisotopic (exact) mass is 678 g/mol. The van der Waals surface area contributed by atoms with Crippen LogP contribution in [0.3, 0.4) is 0 Å². The van der Waals surface area contributed by atoms with Crippen molar-refractivity contribution in [2.45, 2.75) is 44.8 Å². The smallest absolute Gasteiger partial charge is 0.358 e. The van der Waals surface area contributed by atoms with Gasteiger partial charge in [0.15, 0.2) is 11.4 Å². The van der Waals surface area contributed by atoms with Crippen LogP contribution in [0.15, 0.2) is 47.2 Å². The maximum absolute atomic E-state index is 13.6. The van der Waals surface area contributed by atoms with Crippen molar-refractivity contribution >= 4 is 45.4 Å². The predicted octanol–water partition coefficient (Wildman–Crippen LogP) is 5.20. The molecule has 2 aromatic carbocycles. The summed E-state index contributed by atoms with van der Waals surface area (Å²) in [7, 11) is 1.97. The van der Waals surface area contributed by atoms with Crippen LogP contribution in [0.4, 0.5) is 0 Å². The number of nitrogens with zero attached hydrogens (tertiary/aromatic N) is 6. The minimum Gasteiger partial charge on any atom is -0.476 e. The molecule has 0 radical (unpaired) electrons. The highest BCUT2D eigenvalue weighted by Crippen LogP contribution is 2.41. The minimum atomic E-state index is -1.14. The van der Waals surface area contributed by atoms with Gasteiger partial charge in [0.2, 0.25) is 0 Å². The molecule has 1 amide bonds. The number of carboxylic acids is 1. The van der Waals surface area contributed by atoms with Crippen LogP contribution in [0.2, 0.25) is 5.02 Å². The Morgan fingerprint density at radius 2 is 1.95 bits per heavy atom. The molecule has 11 nitrogen and oxygen atoms in total. The highest BCUT2D eigenvalue weighted by atomic mass is 79.9. The highest BCUT2D eigenvalue weighted by Gasteiger charge is 2.41. The Balaban J connectivity index is 1.14. The number of aryl methyl sites for hydroxylation is 1. The first kappa shape index (κ1) is 28.8. The lowest BCUT2D eigenvalue weighted by Crippen LogP contribution is -2.30. The molecular formula is C31H28BrClN6O5. The zero-order valence-electron chi connectivity index (χ0n) is 23.8. The lowest BCUT2D eigenvalue weighted by molar-refractivity contribution is 0.0490. The number of esters is 1. The molecule has 226 valence electrons. The Labute approximate surface area is 266 Å². The van der Waals surface area contributed by atoms with Gasteiger partial charge in [0.05, 0.1) is 41.0 Å². The number of aromatic carboxylic acids is 1. The van der Waals surface area contributed by atoms with Crippen LogP contribution < -0.4 is 0 Å². The van der Waals surface area contributed by atoms with Crippen molar-refractivity contribution in [2.75, 3.05) is 20.2 Å². The molecule has 3 aliphatic rings. The summed E-state index contributed by atoms with van der Waals surface area (Å²) < 4.78 is 10.2. The summed E-state index contributed by atoms with van der Waals surface area (Å²) in [5, 5.41) is 10.8. The number of imidazole rings is 2. The number of hydrogen-bond acceptors (Lipinski definition) is 7. The molecule has 1 atom stereocenters. The number of hydrogen-bond donors (Lipinski definition) is 1. The number of fused-ring (bicyclic) bond motifs is 8. The van der Waals surface area contributed by atoms with Gasteiger partial charge in [-0.15, -0.1) is 0 Å². The van der Waals surface area contributed by atoms with Gasteiger partial charge in [-0.2, -0.15) is 0 Å². The molecule has 0 bridgehead atoms. The van der Waals surface area contributed by atoms with E-state index >= 15 is 0 Å². The van der Waals surface area contributed by atoms with E-state index in [0.29, 0.717) is 66.7 Å². The van der Waals surface area contributed by atoms with E-state index in [4.69, 9.17) is 16.3 Å². The van der Waals surface area contributed by atoms with Crippen molar-refractivity contribution in [3.63, 3.8) is 0 Å². The summed E-state index contributed by atoms with van der Waals surface area (Å²) in [5.41, 5.74) is 4.49. The zero-order chi connectivity index (χ0) is 30.7. The molecule has 3 aliphatic heterocycles. The Morgan fingerprint density at radius 3 is 2.77 bits per heavy atom. The van der Waals surface area contributed by atoms with Gasteiger partial charge >= 0.3 is 11.9 Å². The van der Waals surface area contributed by atoms with E-state index < -0.39 is 11.9 Å². The quantitative estimate of drug-likeness (QED) is 0.218. The molecular weight excluding hydrogens is 652 g/mol. The van der Waals surface area contributed by atoms with Gasteiger partial charge in [-0.3, -0.25) is 14.3 Å². The largest absolute Gasteiger partial charge is 0.476 e. The van der Waals surface area contributed by atoms with Gasteiger partial charge < -0.3 is 19.3 Å². The first-order valence-corrected chi connectivity index (χ1v) is 15.5. The van der Waals surface area contributed by atoms with Crippen LogP contribution in [0, 0.1) is 0 Å². The molecule has 2 aromatic heterocycles. The molecule has 44 heavy (non-hydrogen) atoms. The summed E-state index contributed by atoms with van der Waals surface area (Å²) in [5.74, 6) is -1.29. The SMILES string of the molecule is CN1Cc2cc(Cl)ccc2-n2cnc(C(=O)OCCCc3nc(C(=O)O)c4n3-c3ccc(Br)cc3C(=O)N3CCC[C@@H]43)c2C1. The van der Waals surface area contributed by atoms with Gasteiger partial charge in [-0.05, 0) is 68.3 Å². The number of benzene rings is 2. The zero-order valence-corrected chi connectivity index (χ0v) is 26.1. The maximum atomic E-state index is 13.6. The molecule has 1 fully saturated rings. The number of aromatic nitrogens is 4. The predicted molar refractivity (Wildman–Crippen MR) is 164 cm³/mol. The Morgan fingerprint density at radius 1 is 1.14 bits per heavy atom. The summed E-state index contributed by atoms with van der Waals surface area (Å²) in [6, 6.07) is 10.7. The van der Waals surface area contributed by atoms with Crippen molar-refractivity contribution in [3.8, 4) is 11.4 Å². The molecule has 4 aromatic rings. The van der Waals surface area contributed by atoms with E-state index in [1.54, 1.807) is 17.3 Å². The highest BCUT2D eigenvalue weighted by molar-refractivity contribution is 9.10. The molecule has 7 rings (SSSR count). The summed E-state index contributed by atoms with van der Waals surface area (Å²) in [4.78, 5) is 51.9. The van der Waals surface area contributed by atoms with E-state index in [9.17, 15) is 19.5 Å². The number of ether oxygens (including phenoxy) is 1. The second-order valence-corrected chi connectivity index (χ2v) is 12.7. The fourth-order valence-electron chi connectivity index (χ4n) is 6.59. The van der Waals surface area contributed by atoms with Crippen molar-refractivity contribution in [1.29, 1.82) is 0 Å². The van der Waals surface area contributed by atoms with Crippen LogP contribution in [-0.2, 0) is 24.2 Å². The summed E-state index contributed by atoms with van der Waals surface area (Å²) in [6.07, 6.45) is 3.80. The molecule has 0 saturated carbocycles. The molecule has 0 aliphatic carbocycles.